The van der Waals surface area contributed by atoms with Gasteiger partial charge in [-0.25, -0.2) is 0 Å². The Balaban J connectivity index is 2.16. The van der Waals surface area contributed by atoms with E-state index in [1.165, 1.54) is 32.1 Å². The first-order chi connectivity index (χ1) is 7.36. The van der Waals surface area contributed by atoms with E-state index in [9.17, 15) is 0 Å². The molecule has 0 fully saturated rings. The number of hydrogen-bond acceptors (Lipinski definition) is 0. The van der Waals surface area contributed by atoms with Gasteiger partial charge in [-0.3, -0.25) is 0 Å². The van der Waals surface area contributed by atoms with Crippen molar-refractivity contribution in [1.82, 2.24) is 0 Å². The van der Waals surface area contributed by atoms with E-state index < -0.39 is 0 Å². The molecule has 0 radical (unpaired) electrons. The summed E-state index contributed by atoms with van der Waals surface area (Å²) in [4.78, 5) is 0. The van der Waals surface area contributed by atoms with Crippen molar-refractivity contribution in [2.45, 2.75) is 36.0 Å². The Labute approximate surface area is 105 Å². The van der Waals surface area contributed by atoms with Gasteiger partial charge >= 0.3 is 0 Å². The highest BCUT2D eigenvalue weighted by Crippen LogP contribution is 2.47. The second-order valence-corrected chi connectivity index (χ2v) is 6.05. The van der Waals surface area contributed by atoms with E-state index in [0.717, 1.165) is 0 Å². The van der Waals surface area contributed by atoms with Crippen LogP contribution in [0.25, 0.3) is 5.57 Å². The molecule has 0 saturated carbocycles. The summed E-state index contributed by atoms with van der Waals surface area (Å²) >= 11 is 2.60. The normalized spacial score (nSPS) is 24.7. The molecule has 0 aromatic heterocycles. The molecule has 3 rings (SSSR count). The maximum atomic E-state index is 2.60. The van der Waals surface area contributed by atoms with Crippen LogP contribution >= 0.6 is 22.6 Å². The van der Waals surface area contributed by atoms with Gasteiger partial charge < -0.3 is 0 Å². The highest BCUT2D eigenvalue weighted by Gasteiger charge is 2.25. The lowest BCUT2D eigenvalue weighted by Crippen LogP contribution is -2.10. The van der Waals surface area contributed by atoms with Gasteiger partial charge in [0.25, 0.3) is 0 Å². The van der Waals surface area contributed by atoms with Crippen LogP contribution in [0.1, 0.15) is 47.2 Å². The van der Waals surface area contributed by atoms with E-state index in [1.54, 1.807) is 22.3 Å². The summed E-state index contributed by atoms with van der Waals surface area (Å²) in [6.45, 7) is 0. The van der Waals surface area contributed by atoms with Crippen LogP contribution < -0.4 is 0 Å². The number of benzene rings is 1. The molecule has 0 spiro atoms. The molecule has 1 aromatic rings. The first-order valence-corrected chi connectivity index (χ1v) is 7.05. The van der Waals surface area contributed by atoms with Gasteiger partial charge in [0, 0.05) is 3.92 Å². The summed E-state index contributed by atoms with van der Waals surface area (Å²) in [5.74, 6) is 0. The molecule has 0 aliphatic heterocycles. The molecule has 1 atom stereocenters. The topological polar surface area (TPSA) is 0 Å². The first kappa shape index (κ1) is 9.88. The monoisotopic (exact) mass is 310 g/mol. The van der Waals surface area contributed by atoms with Crippen LogP contribution in [0, 0.1) is 0 Å². The third kappa shape index (κ3) is 1.65. The molecule has 2 aliphatic carbocycles. The summed E-state index contributed by atoms with van der Waals surface area (Å²) in [5.41, 5.74) is 6.56. The van der Waals surface area contributed by atoms with E-state index in [0.29, 0.717) is 3.92 Å². The second kappa shape index (κ2) is 3.93. The molecule has 2 aliphatic rings. The fraction of sp³-hybridized carbons (Fsp3) is 0.429. The molecule has 0 saturated heterocycles. The first-order valence-electron chi connectivity index (χ1n) is 5.80. The summed E-state index contributed by atoms with van der Waals surface area (Å²) in [7, 11) is 0. The Bertz CT molecular complexity index is 417. The molecule has 1 aromatic carbocycles. The fourth-order valence-corrected chi connectivity index (χ4v) is 3.96. The number of alkyl halides is 1. The largest absolute Gasteiger partial charge is 0.0770 e. The molecule has 0 bridgehead atoms. The Kier molecular flexibility index (Phi) is 2.59. The number of hydrogen-bond donors (Lipinski definition) is 0. The zero-order valence-electron chi connectivity index (χ0n) is 8.80. The van der Waals surface area contributed by atoms with Gasteiger partial charge in [0.15, 0.2) is 0 Å². The summed E-state index contributed by atoms with van der Waals surface area (Å²) < 4.78 is 0.704. The van der Waals surface area contributed by atoms with Gasteiger partial charge in [0.1, 0.15) is 0 Å². The summed E-state index contributed by atoms with van der Waals surface area (Å²) in [6, 6.07) is 9.00. The predicted molar refractivity (Wildman–Crippen MR) is 73.2 cm³/mol. The van der Waals surface area contributed by atoms with E-state index in [1.807, 2.05) is 0 Å². The van der Waals surface area contributed by atoms with Crippen LogP contribution in [0.5, 0.6) is 0 Å². The molecule has 0 heterocycles. The van der Waals surface area contributed by atoms with E-state index in [-0.39, 0.29) is 0 Å². The molecule has 0 N–H and O–H groups in total. The number of rotatable bonds is 0. The van der Waals surface area contributed by atoms with Crippen molar-refractivity contribution >= 4 is 28.2 Å². The van der Waals surface area contributed by atoms with Gasteiger partial charge in [-0.15, -0.1) is 0 Å². The number of fused-ring (bicyclic) bond motifs is 2. The molecule has 1 heteroatoms. The third-order valence-corrected chi connectivity index (χ3v) is 4.74. The molecule has 0 amide bonds. The quantitative estimate of drug-likeness (QED) is 0.472. The van der Waals surface area contributed by atoms with Crippen LogP contribution in [0.3, 0.4) is 0 Å². The maximum absolute atomic E-state index is 2.60. The van der Waals surface area contributed by atoms with Gasteiger partial charge in [-0.05, 0) is 48.8 Å². The predicted octanol–water partition coefficient (Wildman–Crippen LogP) is 4.89. The zero-order valence-corrected chi connectivity index (χ0v) is 11.0. The van der Waals surface area contributed by atoms with E-state index in [2.05, 4.69) is 46.9 Å². The second-order valence-electron chi connectivity index (χ2n) is 4.55. The molecule has 0 nitrogen and oxygen atoms in total. The van der Waals surface area contributed by atoms with Gasteiger partial charge in [-0.1, -0.05) is 52.4 Å². The molecule has 15 heavy (non-hydrogen) atoms. The van der Waals surface area contributed by atoms with Crippen molar-refractivity contribution in [3.63, 3.8) is 0 Å². The SMILES string of the molecule is I[C@@H]1CC2=C(CCCC2)c2ccccc21. The standard InChI is InChI=1S/C14H15I/c15-14-9-10-5-1-2-6-11(10)12-7-3-4-8-13(12)14/h3-4,7-8,14H,1-2,5-6,9H2/t14-/m1/s1. The number of halogens is 1. The maximum Gasteiger partial charge on any atom is 0.0402 e. The summed E-state index contributed by atoms with van der Waals surface area (Å²) in [6.07, 6.45) is 6.76. The van der Waals surface area contributed by atoms with Crippen LogP contribution in [-0.2, 0) is 0 Å². The minimum absolute atomic E-state index is 0.704. The van der Waals surface area contributed by atoms with Crippen molar-refractivity contribution in [2.75, 3.05) is 0 Å². The smallest absolute Gasteiger partial charge is 0.0402 e. The Morgan fingerprint density at radius 1 is 1.07 bits per heavy atom. The molecule has 0 unspecified atom stereocenters. The van der Waals surface area contributed by atoms with Crippen LogP contribution in [0.15, 0.2) is 29.8 Å². The minimum atomic E-state index is 0.704. The Morgan fingerprint density at radius 3 is 2.80 bits per heavy atom. The Morgan fingerprint density at radius 2 is 1.87 bits per heavy atom. The van der Waals surface area contributed by atoms with Gasteiger partial charge in [-0.2, -0.15) is 0 Å². The average Bonchev–Trinajstić information content (AvgIpc) is 2.30. The molecule has 78 valence electrons. The fourth-order valence-electron chi connectivity index (χ4n) is 2.89. The van der Waals surface area contributed by atoms with Crippen molar-refractivity contribution in [2.24, 2.45) is 0 Å². The van der Waals surface area contributed by atoms with Crippen LogP contribution in [-0.4, -0.2) is 0 Å². The number of allylic oxidation sites excluding steroid dienone is 2. The molecular formula is C14H15I. The lowest BCUT2D eigenvalue weighted by Gasteiger charge is -2.30. The highest BCUT2D eigenvalue weighted by molar-refractivity contribution is 14.1. The van der Waals surface area contributed by atoms with Crippen molar-refractivity contribution in [3.05, 3.63) is 41.0 Å². The lowest BCUT2D eigenvalue weighted by molar-refractivity contribution is 0.676. The third-order valence-electron chi connectivity index (χ3n) is 3.63. The molecular weight excluding hydrogens is 295 g/mol. The zero-order chi connectivity index (χ0) is 10.3. The minimum Gasteiger partial charge on any atom is -0.0770 e. The lowest BCUT2D eigenvalue weighted by atomic mass is 9.78. The van der Waals surface area contributed by atoms with Crippen LogP contribution in [0.2, 0.25) is 0 Å². The summed E-state index contributed by atoms with van der Waals surface area (Å²) in [5, 5.41) is 0. The highest BCUT2D eigenvalue weighted by atomic mass is 127. The van der Waals surface area contributed by atoms with E-state index in [4.69, 9.17) is 0 Å². The van der Waals surface area contributed by atoms with Crippen molar-refractivity contribution < 1.29 is 0 Å². The van der Waals surface area contributed by atoms with Crippen molar-refractivity contribution in [1.29, 1.82) is 0 Å². The van der Waals surface area contributed by atoms with Crippen molar-refractivity contribution in [3.8, 4) is 0 Å². The van der Waals surface area contributed by atoms with Crippen LogP contribution in [0.4, 0.5) is 0 Å². The average molecular weight is 310 g/mol. The Hall–Kier alpha value is -0.310. The van der Waals surface area contributed by atoms with Gasteiger partial charge in [0.05, 0.1) is 0 Å². The van der Waals surface area contributed by atoms with Gasteiger partial charge in [0.2, 0.25) is 0 Å². The van der Waals surface area contributed by atoms with E-state index >= 15 is 0 Å².